The Bertz CT molecular complexity index is 553. The Kier molecular flexibility index (Phi) is 2.77. The summed E-state index contributed by atoms with van der Waals surface area (Å²) >= 11 is 5.83. The quantitative estimate of drug-likeness (QED) is 0.767. The van der Waals surface area contributed by atoms with Gasteiger partial charge >= 0.3 is 0 Å². The van der Waals surface area contributed by atoms with Gasteiger partial charge in [0, 0.05) is 5.56 Å². The summed E-state index contributed by atoms with van der Waals surface area (Å²) in [6.07, 6.45) is 1.13. The van der Waals surface area contributed by atoms with Crippen molar-refractivity contribution < 1.29 is 13.2 Å². The maximum atomic E-state index is 11.7. The topological polar surface area (TPSA) is 77.2 Å². The molecule has 16 heavy (non-hydrogen) atoms. The molecule has 0 fully saturated rings. The first-order valence-corrected chi connectivity index (χ1v) is 6.72. The molecule has 1 unspecified atom stereocenters. The minimum atomic E-state index is -3.71. The molecule has 1 aromatic carbocycles. The van der Waals surface area contributed by atoms with Crippen LogP contribution in [-0.4, -0.2) is 19.6 Å². The Labute approximate surface area is 98.5 Å². The number of benzene rings is 1. The van der Waals surface area contributed by atoms with Gasteiger partial charge in [0.2, 0.25) is 10.0 Å². The highest BCUT2D eigenvalue weighted by Crippen LogP contribution is 2.26. The number of carbonyl (C=O) groups excluding carboxylic acids is 1. The number of Topliss-reactive ketones (excluding diaryl/α,β-unsaturated/α-hetero) is 1. The van der Waals surface area contributed by atoms with Gasteiger partial charge in [-0.3, -0.25) is 4.79 Å². The van der Waals surface area contributed by atoms with E-state index in [1.54, 1.807) is 0 Å². The average Bonchev–Trinajstić information content (AvgIpc) is 2.22. The number of halogens is 1. The van der Waals surface area contributed by atoms with Crippen LogP contribution in [0, 0.1) is 0 Å². The molecular formula is C10H10ClNO3S. The van der Waals surface area contributed by atoms with E-state index in [0.29, 0.717) is 24.0 Å². The maximum absolute atomic E-state index is 11.7. The van der Waals surface area contributed by atoms with Crippen molar-refractivity contribution in [1.82, 2.24) is 0 Å². The molecule has 6 heteroatoms. The Morgan fingerprint density at radius 1 is 1.38 bits per heavy atom. The molecule has 1 atom stereocenters. The zero-order chi connectivity index (χ0) is 11.9. The van der Waals surface area contributed by atoms with Crippen molar-refractivity contribution in [3.8, 4) is 0 Å². The SMILES string of the molecule is NS(=O)(=O)c1ccc2c(c1)CCC(Cl)C2=O. The van der Waals surface area contributed by atoms with E-state index < -0.39 is 15.4 Å². The summed E-state index contributed by atoms with van der Waals surface area (Å²) < 4.78 is 22.3. The van der Waals surface area contributed by atoms with Gasteiger partial charge in [-0.1, -0.05) is 0 Å². The highest BCUT2D eigenvalue weighted by molar-refractivity contribution is 7.89. The second-order valence-corrected chi connectivity index (χ2v) is 5.82. The summed E-state index contributed by atoms with van der Waals surface area (Å²) in [6.45, 7) is 0. The van der Waals surface area contributed by atoms with Gasteiger partial charge in [0.05, 0.1) is 10.3 Å². The van der Waals surface area contributed by atoms with Crippen LogP contribution in [0.1, 0.15) is 22.3 Å². The summed E-state index contributed by atoms with van der Waals surface area (Å²) in [4.78, 5) is 11.7. The molecule has 0 amide bonds. The van der Waals surface area contributed by atoms with E-state index in [1.807, 2.05) is 0 Å². The zero-order valence-electron chi connectivity index (χ0n) is 8.31. The van der Waals surface area contributed by atoms with Crippen LogP contribution in [0.3, 0.4) is 0 Å². The lowest BCUT2D eigenvalue weighted by Gasteiger charge is -2.19. The van der Waals surface area contributed by atoms with E-state index >= 15 is 0 Å². The zero-order valence-corrected chi connectivity index (χ0v) is 9.88. The molecule has 2 N–H and O–H groups in total. The molecule has 0 aromatic heterocycles. The van der Waals surface area contributed by atoms with Gasteiger partial charge in [-0.05, 0) is 36.6 Å². The van der Waals surface area contributed by atoms with Crippen molar-refractivity contribution in [2.24, 2.45) is 5.14 Å². The lowest BCUT2D eigenvalue weighted by atomic mass is 9.90. The normalized spacial score (nSPS) is 20.6. The number of primary sulfonamides is 1. The van der Waals surface area contributed by atoms with Gasteiger partial charge < -0.3 is 0 Å². The van der Waals surface area contributed by atoms with Crippen LogP contribution in [0.15, 0.2) is 23.1 Å². The molecule has 86 valence electrons. The van der Waals surface area contributed by atoms with Gasteiger partial charge in [0.25, 0.3) is 0 Å². The molecule has 1 aliphatic carbocycles. The van der Waals surface area contributed by atoms with Crippen LogP contribution < -0.4 is 5.14 Å². The van der Waals surface area contributed by atoms with Crippen LogP contribution in [0.2, 0.25) is 0 Å². The van der Waals surface area contributed by atoms with Crippen molar-refractivity contribution in [3.05, 3.63) is 29.3 Å². The highest BCUT2D eigenvalue weighted by Gasteiger charge is 2.26. The number of aryl methyl sites for hydroxylation is 1. The number of ketones is 1. The van der Waals surface area contributed by atoms with Crippen molar-refractivity contribution >= 4 is 27.4 Å². The summed E-state index contributed by atoms with van der Waals surface area (Å²) in [5, 5.41) is 4.51. The Balaban J connectivity index is 2.54. The van der Waals surface area contributed by atoms with Gasteiger partial charge in [-0.2, -0.15) is 0 Å². The van der Waals surface area contributed by atoms with E-state index in [0.717, 1.165) is 0 Å². The van der Waals surface area contributed by atoms with Crippen LogP contribution in [0.25, 0.3) is 0 Å². The second kappa shape index (κ2) is 3.84. The molecule has 0 spiro atoms. The molecule has 1 aromatic rings. The molecule has 0 bridgehead atoms. The fraction of sp³-hybridized carbons (Fsp3) is 0.300. The monoisotopic (exact) mass is 259 g/mol. The van der Waals surface area contributed by atoms with Gasteiger partial charge in [-0.25, -0.2) is 13.6 Å². The highest BCUT2D eigenvalue weighted by atomic mass is 35.5. The first kappa shape index (κ1) is 11.6. The summed E-state index contributed by atoms with van der Waals surface area (Å²) in [5.41, 5.74) is 1.20. The number of alkyl halides is 1. The van der Waals surface area contributed by atoms with Gasteiger partial charge in [0.15, 0.2) is 5.78 Å². The van der Waals surface area contributed by atoms with Crippen molar-refractivity contribution in [2.45, 2.75) is 23.1 Å². The number of carbonyl (C=O) groups is 1. The number of nitrogens with two attached hydrogens (primary N) is 1. The van der Waals surface area contributed by atoms with Crippen LogP contribution in [0.4, 0.5) is 0 Å². The summed E-state index contributed by atoms with van der Waals surface area (Å²) in [6, 6.07) is 4.26. The van der Waals surface area contributed by atoms with E-state index in [-0.39, 0.29) is 10.7 Å². The van der Waals surface area contributed by atoms with Gasteiger partial charge in [0.1, 0.15) is 0 Å². The average molecular weight is 260 g/mol. The van der Waals surface area contributed by atoms with Crippen LogP contribution >= 0.6 is 11.6 Å². The molecule has 0 heterocycles. The van der Waals surface area contributed by atoms with Crippen LogP contribution in [-0.2, 0) is 16.4 Å². The molecule has 0 aliphatic heterocycles. The minimum absolute atomic E-state index is 0.0343. The fourth-order valence-corrected chi connectivity index (χ4v) is 2.57. The summed E-state index contributed by atoms with van der Waals surface area (Å²) in [5.74, 6) is -0.149. The van der Waals surface area contributed by atoms with Crippen molar-refractivity contribution in [2.75, 3.05) is 0 Å². The first-order chi connectivity index (χ1) is 7.39. The van der Waals surface area contributed by atoms with E-state index in [9.17, 15) is 13.2 Å². The molecular weight excluding hydrogens is 250 g/mol. The fourth-order valence-electron chi connectivity index (χ4n) is 1.78. The lowest BCUT2D eigenvalue weighted by Crippen LogP contribution is -2.23. The Hall–Kier alpha value is -0.910. The molecule has 0 saturated heterocycles. The maximum Gasteiger partial charge on any atom is 0.238 e. The number of rotatable bonds is 1. The number of sulfonamides is 1. The third-order valence-corrected chi connectivity index (χ3v) is 3.95. The lowest BCUT2D eigenvalue weighted by molar-refractivity contribution is 0.0976. The first-order valence-electron chi connectivity index (χ1n) is 4.73. The number of fused-ring (bicyclic) bond motifs is 1. The number of hydrogen-bond donors (Lipinski definition) is 1. The Morgan fingerprint density at radius 3 is 2.69 bits per heavy atom. The molecule has 0 saturated carbocycles. The van der Waals surface area contributed by atoms with Crippen molar-refractivity contribution in [1.29, 1.82) is 0 Å². The largest absolute Gasteiger partial charge is 0.292 e. The molecule has 0 radical (unpaired) electrons. The third kappa shape index (κ3) is 1.98. The van der Waals surface area contributed by atoms with Gasteiger partial charge in [-0.15, -0.1) is 11.6 Å². The van der Waals surface area contributed by atoms with E-state index in [1.165, 1.54) is 18.2 Å². The minimum Gasteiger partial charge on any atom is -0.292 e. The van der Waals surface area contributed by atoms with E-state index in [2.05, 4.69) is 0 Å². The van der Waals surface area contributed by atoms with E-state index in [4.69, 9.17) is 16.7 Å². The second-order valence-electron chi connectivity index (χ2n) is 3.73. The summed E-state index contributed by atoms with van der Waals surface area (Å²) in [7, 11) is -3.71. The van der Waals surface area contributed by atoms with Crippen LogP contribution in [0.5, 0.6) is 0 Å². The molecule has 2 rings (SSSR count). The molecule has 4 nitrogen and oxygen atoms in total. The third-order valence-electron chi connectivity index (χ3n) is 2.62. The predicted octanol–water partition coefficient (Wildman–Crippen LogP) is 1.07. The number of hydrogen-bond acceptors (Lipinski definition) is 3. The predicted molar refractivity (Wildman–Crippen MR) is 60.1 cm³/mol. The standard InChI is InChI=1S/C10H10ClNO3S/c11-9-4-1-6-5-7(16(12,14)15)2-3-8(6)10(9)13/h2-3,5,9H,1,4H2,(H2,12,14,15). The smallest absolute Gasteiger partial charge is 0.238 e. The molecule has 1 aliphatic rings. The Morgan fingerprint density at radius 2 is 2.06 bits per heavy atom. The van der Waals surface area contributed by atoms with Crippen molar-refractivity contribution in [3.63, 3.8) is 0 Å².